The Morgan fingerprint density at radius 1 is 0.784 bits per heavy atom. The van der Waals surface area contributed by atoms with Crippen LogP contribution in [0.25, 0.3) is 0 Å². The number of Topliss-reactive ketones (excluding diaryl/α,β-unsaturated/α-hetero) is 1. The first-order valence-corrected chi connectivity index (χ1v) is 19.9. The SMILES string of the molecule is C=C1C[C@@H]2CC[C@@]34C[C@H]5O[C@H]6[C@@H](O3)[C@H]3O[C@H](CC[C@@H]3O[C@H]6[C@H]5O4)CC(=O)C[C@@H]3[C@@H](OC)[C@@H](C[C@@H](C)O)O[C@H]3C[C@H]3O[C@@H](CC[C@@H]1O2)C[C@@H](C)C3=C. The van der Waals surface area contributed by atoms with Crippen LogP contribution in [0.15, 0.2) is 24.3 Å². The molecule has 0 amide bonds. The van der Waals surface area contributed by atoms with Crippen LogP contribution >= 0.6 is 0 Å². The number of ketones is 1. The van der Waals surface area contributed by atoms with E-state index in [9.17, 15) is 9.90 Å². The first kappa shape index (κ1) is 35.5. The summed E-state index contributed by atoms with van der Waals surface area (Å²) >= 11 is 0. The Morgan fingerprint density at radius 3 is 2.35 bits per heavy atom. The van der Waals surface area contributed by atoms with Crippen LogP contribution < -0.4 is 0 Å². The molecule has 0 unspecified atom stereocenters. The predicted octanol–water partition coefficient (Wildman–Crippen LogP) is 4.50. The van der Waals surface area contributed by atoms with Gasteiger partial charge in [-0.2, -0.15) is 0 Å². The van der Waals surface area contributed by atoms with Crippen LogP contribution in [0.3, 0.4) is 0 Å². The summed E-state index contributed by atoms with van der Waals surface area (Å²) in [7, 11) is 1.68. The minimum absolute atomic E-state index is 0.00511. The molecule has 51 heavy (non-hydrogen) atoms. The molecule has 1 spiro atoms. The van der Waals surface area contributed by atoms with Crippen LogP contribution in [0.4, 0.5) is 0 Å². The van der Waals surface area contributed by atoms with Gasteiger partial charge in [-0.15, -0.1) is 0 Å². The van der Waals surface area contributed by atoms with E-state index in [0.29, 0.717) is 44.4 Å². The summed E-state index contributed by atoms with van der Waals surface area (Å²) in [5.74, 6) is -0.532. The number of carbonyl (C=O) groups is 1. The summed E-state index contributed by atoms with van der Waals surface area (Å²) in [6, 6.07) is 0. The van der Waals surface area contributed by atoms with Crippen molar-refractivity contribution in [3.05, 3.63) is 24.3 Å². The number of ether oxygens (including phenoxy) is 9. The highest BCUT2D eigenvalue weighted by Crippen LogP contribution is 2.54. The van der Waals surface area contributed by atoms with E-state index in [1.165, 1.54) is 0 Å². The molecule has 0 aromatic rings. The topological polar surface area (TPSA) is 120 Å². The second-order valence-corrected chi connectivity index (χ2v) is 17.4. The predicted molar refractivity (Wildman–Crippen MR) is 183 cm³/mol. The number of hydrogen-bond acceptors (Lipinski definition) is 11. The molecule has 11 nitrogen and oxygen atoms in total. The smallest absolute Gasteiger partial charge is 0.172 e. The molecule has 10 saturated heterocycles. The molecule has 10 rings (SSSR count). The fourth-order valence-electron chi connectivity index (χ4n) is 11.3. The molecule has 0 aliphatic carbocycles. The highest BCUT2D eigenvalue weighted by atomic mass is 16.8. The quantitative estimate of drug-likeness (QED) is 0.417. The first-order chi connectivity index (χ1) is 24.6. The van der Waals surface area contributed by atoms with E-state index in [0.717, 1.165) is 56.1 Å². The van der Waals surface area contributed by atoms with E-state index in [-0.39, 0.29) is 103 Å². The van der Waals surface area contributed by atoms with Gasteiger partial charge >= 0.3 is 0 Å². The largest absolute Gasteiger partial charge is 0.393 e. The van der Waals surface area contributed by atoms with Gasteiger partial charge in [0, 0.05) is 51.6 Å². The number of methoxy groups -OCH3 is 1. The standard InChI is InChI=1S/C40H58O11/c1-19-12-24-6-8-28-20(2)13-26(44-28)10-11-40-18-33-36(50-40)37-38(49-33)39(51-40)35-29(48-37)9-7-25(46-35)15-23(42)16-27-31(17-30(45-24)22(19)4)47-32(14-21(3)41)34(27)43-5/h19,21,24-39,41H,2,4,6-18H2,1,3,5H3/t19-,21-,24+,25-,26+,27+,28+,29+,30-,31+,32-,33-,34-,35+,36+,37+,38-,39+,40+/m1/s1. The number of aliphatic hydroxyl groups excluding tert-OH is 1. The normalized spacial score (nSPS) is 53.2. The van der Waals surface area contributed by atoms with E-state index in [4.69, 9.17) is 42.6 Å². The fourth-order valence-corrected chi connectivity index (χ4v) is 11.3. The molecule has 0 saturated carbocycles. The lowest BCUT2D eigenvalue weighted by molar-refractivity contribution is -0.292. The van der Waals surface area contributed by atoms with Gasteiger partial charge < -0.3 is 47.7 Å². The highest BCUT2D eigenvalue weighted by Gasteiger charge is 2.68. The van der Waals surface area contributed by atoms with E-state index in [2.05, 4.69) is 20.1 Å². The molecule has 19 atom stereocenters. The second kappa shape index (κ2) is 13.8. The van der Waals surface area contributed by atoms with Crippen molar-refractivity contribution in [1.29, 1.82) is 0 Å². The van der Waals surface area contributed by atoms with Crippen molar-refractivity contribution in [1.82, 2.24) is 0 Å². The van der Waals surface area contributed by atoms with Gasteiger partial charge in [-0.25, -0.2) is 0 Å². The van der Waals surface area contributed by atoms with Crippen LogP contribution in [0, 0.1) is 11.8 Å². The molecule has 0 radical (unpaired) electrons. The summed E-state index contributed by atoms with van der Waals surface area (Å²) in [6.07, 6.45) is 5.60. The molecule has 1 N–H and O–H groups in total. The van der Waals surface area contributed by atoms with Gasteiger partial charge in [0.05, 0.1) is 67.1 Å². The van der Waals surface area contributed by atoms with E-state index in [1.54, 1.807) is 14.0 Å². The lowest BCUT2D eigenvalue weighted by Crippen LogP contribution is -2.61. The van der Waals surface area contributed by atoms with Crippen molar-refractivity contribution >= 4 is 5.78 Å². The van der Waals surface area contributed by atoms with Crippen molar-refractivity contribution < 1.29 is 52.5 Å². The fraction of sp³-hybridized carbons (Fsp3) is 0.875. The minimum atomic E-state index is -0.771. The average molecular weight is 715 g/mol. The summed E-state index contributed by atoms with van der Waals surface area (Å²) in [4.78, 5) is 14.0. The number of aliphatic hydroxyl groups is 1. The minimum Gasteiger partial charge on any atom is -0.393 e. The zero-order chi connectivity index (χ0) is 35.2. The van der Waals surface area contributed by atoms with Gasteiger partial charge in [-0.3, -0.25) is 4.79 Å². The number of rotatable bonds is 3. The van der Waals surface area contributed by atoms with Gasteiger partial charge in [-0.05, 0) is 68.9 Å². The molecular formula is C40H58O11. The third-order valence-electron chi connectivity index (χ3n) is 13.8. The Hall–Kier alpha value is -1.25. The summed E-state index contributed by atoms with van der Waals surface area (Å²) in [6.45, 7) is 12.9. The first-order valence-electron chi connectivity index (χ1n) is 19.9. The summed E-state index contributed by atoms with van der Waals surface area (Å²) in [5.41, 5.74) is 2.22. The van der Waals surface area contributed by atoms with Crippen LogP contribution in [0.1, 0.15) is 97.3 Å². The maximum Gasteiger partial charge on any atom is 0.172 e. The van der Waals surface area contributed by atoms with Crippen molar-refractivity contribution in [2.45, 2.75) is 201 Å². The Labute approximate surface area is 302 Å². The zero-order valence-electron chi connectivity index (χ0n) is 30.5. The molecule has 10 aliphatic rings. The maximum absolute atomic E-state index is 14.0. The average Bonchev–Trinajstić information content (AvgIpc) is 3.76. The molecule has 12 bridgehead atoms. The van der Waals surface area contributed by atoms with E-state index < -0.39 is 11.9 Å². The Balaban J connectivity index is 0.995. The van der Waals surface area contributed by atoms with Gasteiger partial charge in [0.15, 0.2) is 5.79 Å². The van der Waals surface area contributed by atoms with E-state index in [1.807, 2.05) is 0 Å². The Bertz CT molecular complexity index is 1350. The van der Waals surface area contributed by atoms with Gasteiger partial charge in [0.1, 0.15) is 36.3 Å². The maximum atomic E-state index is 14.0. The molecule has 284 valence electrons. The van der Waals surface area contributed by atoms with Gasteiger partial charge in [0.2, 0.25) is 0 Å². The summed E-state index contributed by atoms with van der Waals surface area (Å²) in [5, 5.41) is 10.4. The molecule has 0 aromatic carbocycles. The molecule has 0 aromatic heterocycles. The Kier molecular flexibility index (Phi) is 9.59. The van der Waals surface area contributed by atoms with Crippen LogP contribution in [-0.4, -0.2) is 121 Å². The lowest BCUT2D eigenvalue weighted by Gasteiger charge is -2.47. The van der Waals surface area contributed by atoms with Gasteiger partial charge in [-0.1, -0.05) is 20.1 Å². The van der Waals surface area contributed by atoms with Crippen LogP contribution in [0.5, 0.6) is 0 Å². The molecule has 11 heteroatoms. The van der Waals surface area contributed by atoms with Crippen molar-refractivity contribution in [3.63, 3.8) is 0 Å². The second-order valence-electron chi connectivity index (χ2n) is 17.4. The monoisotopic (exact) mass is 714 g/mol. The van der Waals surface area contributed by atoms with Crippen molar-refractivity contribution in [2.24, 2.45) is 11.8 Å². The highest BCUT2D eigenvalue weighted by molar-refractivity contribution is 5.79. The lowest BCUT2D eigenvalue weighted by atomic mass is 9.81. The molecule has 10 aliphatic heterocycles. The van der Waals surface area contributed by atoms with Crippen LogP contribution in [-0.2, 0) is 47.4 Å². The third kappa shape index (κ3) is 6.53. The Morgan fingerprint density at radius 2 is 1.53 bits per heavy atom. The van der Waals surface area contributed by atoms with Crippen molar-refractivity contribution in [3.8, 4) is 0 Å². The summed E-state index contributed by atoms with van der Waals surface area (Å²) < 4.78 is 60.0. The molecular weight excluding hydrogens is 656 g/mol. The van der Waals surface area contributed by atoms with Crippen molar-refractivity contribution in [2.75, 3.05) is 7.11 Å². The molecule has 10 fully saturated rings. The third-order valence-corrected chi connectivity index (χ3v) is 13.8. The number of hydrogen-bond donors (Lipinski definition) is 1. The zero-order valence-corrected chi connectivity index (χ0v) is 30.5. The number of carbonyl (C=O) groups excluding carboxylic acids is 1. The molecule has 10 heterocycles. The van der Waals surface area contributed by atoms with Crippen LogP contribution in [0.2, 0.25) is 0 Å². The number of fused-ring (bicyclic) bond motifs is 6. The van der Waals surface area contributed by atoms with Gasteiger partial charge in [0.25, 0.3) is 0 Å². The van der Waals surface area contributed by atoms with E-state index >= 15 is 0 Å².